The van der Waals surface area contributed by atoms with Crippen LogP contribution < -0.4 is 10.1 Å². The van der Waals surface area contributed by atoms with Crippen LogP contribution in [0.25, 0.3) is 0 Å². The normalized spacial score (nSPS) is 14.3. The highest BCUT2D eigenvalue weighted by Gasteiger charge is 2.19. The summed E-state index contributed by atoms with van der Waals surface area (Å²) in [5.74, 6) is 0.810. The fraction of sp³-hybridized carbons (Fsp3) is 0.458. The number of hydrogen-bond donors (Lipinski definition) is 1. The molecule has 0 fully saturated rings. The van der Waals surface area contributed by atoms with Gasteiger partial charge in [0.2, 0.25) is 0 Å². The molecule has 3 heteroatoms. The van der Waals surface area contributed by atoms with Crippen molar-refractivity contribution in [3.8, 4) is 5.75 Å². The summed E-state index contributed by atoms with van der Waals surface area (Å²) < 4.78 is 6.05. The minimum atomic E-state index is -0.502. The molecule has 27 heavy (non-hydrogen) atoms. The molecule has 0 aliphatic heterocycles. The molecule has 0 saturated heterocycles. The number of hydrogen-bond acceptors (Lipinski definition) is 2. The third-order valence-corrected chi connectivity index (χ3v) is 5.54. The van der Waals surface area contributed by atoms with Gasteiger partial charge in [-0.1, -0.05) is 44.2 Å². The summed E-state index contributed by atoms with van der Waals surface area (Å²) in [6, 6.07) is 12.8. The molecule has 0 unspecified atom stereocenters. The Morgan fingerprint density at radius 3 is 2.67 bits per heavy atom. The fourth-order valence-corrected chi connectivity index (χ4v) is 3.84. The molecule has 3 rings (SSSR count). The van der Waals surface area contributed by atoms with Gasteiger partial charge < -0.3 is 10.1 Å². The zero-order valence-electron chi connectivity index (χ0n) is 16.8. The number of fused-ring (bicyclic) bond motifs is 1. The quantitative estimate of drug-likeness (QED) is 0.767. The molecular weight excluding hydrogens is 334 g/mol. The van der Waals surface area contributed by atoms with E-state index >= 15 is 0 Å². The second-order valence-corrected chi connectivity index (χ2v) is 7.39. The Morgan fingerprint density at radius 1 is 1.07 bits per heavy atom. The largest absolute Gasteiger partial charge is 0.481 e. The Labute approximate surface area is 163 Å². The smallest absolute Gasteiger partial charge is 0.261 e. The van der Waals surface area contributed by atoms with Gasteiger partial charge in [0.25, 0.3) is 5.91 Å². The maximum Gasteiger partial charge on any atom is 0.261 e. The SMILES string of the molecule is CCc1ccc(CC)c(CNC(=O)[C@H](C)Oc2cccc3c2CCCC3)c1. The maximum absolute atomic E-state index is 12.6. The summed E-state index contributed by atoms with van der Waals surface area (Å²) in [4.78, 5) is 12.6. The summed E-state index contributed by atoms with van der Waals surface area (Å²) in [6.07, 6.45) is 6.06. The maximum atomic E-state index is 12.6. The van der Waals surface area contributed by atoms with Gasteiger partial charge in [0.05, 0.1) is 0 Å². The highest BCUT2D eigenvalue weighted by Crippen LogP contribution is 2.30. The van der Waals surface area contributed by atoms with Gasteiger partial charge in [-0.3, -0.25) is 4.79 Å². The number of aryl methyl sites for hydroxylation is 3. The number of carbonyl (C=O) groups is 1. The van der Waals surface area contributed by atoms with Crippen LogP contribution in [0, 0.1) is 0 Å². The molecule has 3 nitrogen and oxygen atoms in total. The van der Waals surface area contributed by atoms with Crippen molar-refractivity contribution in [2.45, 2.75) is 71.9 Å². The second-order valence-electron chi connectivity index (χ2n) is 7.39. The Morgan fingerprint density at radius 2 is 1.89 bits per heavy atom. The fourth-order valence-electron chi connectivity index (χ4n) is 3.84. The lowest BCUT2D eigenvalue weighted by atomic mass is 9.91. The molecule has 0 bridgehead atoms. The molecule has 0 aromatic heterocycles. The van der Waals surface area contributed by atoms with Crippen LogP contribution in [-0.2, 0) is 37.0 Å². The molecule has 1 atom stereocenters. The van der Waals surface area contributed by atoms with Crippen LogP contribution in [0.5, 0.6) is 5.75 Å². The summed E-state index contributed by atoms with van der Waals surface area (Å²) in [7, 11) is 0. The lowest BCUT2D eigenvalue weighted by Crippen LogP contribution is -2.36. The van der Waals surface area contributed by atoms with Crippen LogP contribution in [0.3, 0.4) is 0 Å². The number of carbonyl (C=O) groups excluding carboxylic acids is 1. The molecule has 1 amide bonds. The molecule has 144 valence electrons. The van der Waals surface area contributed by atoms with Crippen LogP contribution in [0.2, 0.25) is 0 Å². The van der Waals surface area contributed by atoms with Crippen molar-refractivity contribution < 1.29 is 9.53 Å². The summed E-state index contributed by atoms with van der Waals surface area (Å²) in [5, 5.41) is 3.06. The van der Waals surface area contributed by atoms with Crippen molar-refractivity contribution in [1.29, 1.82) is 0 Å². The van der Waals surface area contributed by atoms with Gasteiger partial charge in [-0.05, 0) is 79.3 Å². The van der Waals surface area contributed by atoms with Crippen LogP contribution in [-0.4, -0.2) is 12.0 Å². The van der Waals surface area contributed by atoms with Gasteiger partial charge in [-0.2, -0.15) is 0 Å². The van der Waals surface area contributed by atoms with Crippen molar-refractivity contribution in [3.05, 3.63) is 64.2 Å². The van der Waals surface area contributed by atoms with Crippen molar-refractivity contribution in [3.63, 3.8) is 0 Å². The molecule has 1 aliphatic carbocycles. The van der Waals surface area contributed by atoms with Crippen molar-refractivity contribution >= 4 is 5.91 Å². The molecule has 1 N–H and O–H groups in total. The van der Waals surface area contributed by atoms with Gasteiger partial charge in [0.1, 0.15) is 5.75 Å². The first kappa shape index (κ1) is 19.5. The molecule has 0 radical (unpaired) electrons. The minimum absolute atomic E-state index is 0.0626. The van der Waals surface area contributed by atoms with E-state index in [2.05, 4.69) is 43.4 Å². The van der Waals surface area contributed by atoms with Crippen LogP contribution in [0.4, 0.5) is 0 Å². The van der Waals surface area contributed by atoms with Gasteiger partial charge in [-0.25, -0.2) is 0 Å². The molecule has 0 spiro atoms. The highest BCUT2D eigenvalue weighted by atomic mass is 16.5. The lowest BCUT2D eigenvalue weighted by molar-refractivity contribution is -0.127. The zero-order chi connectivity index (χ0) is 19.2. The van der Waals surface area contributed by atoms with Gasteiger partial charge in [-0.15, -0.1) is 0 Å². The number of rotatable bonds is 7. The standard InChI is InChI=1S/C24H31NO2/c1-4-18-13-14-19(5-2)21(15-18)16-25-24(26)17(3)27-23-12-8-10-20-9-6-7-11-22(20)23/h8,10,12-15,17H,4-7,9,11,16H2,1-3H3,(H,25,26)/t17-/m0/s1. The summed E-state index contributed by atoms with van der Waals surface area (Å²) in [5.41, 5.74) is 6.45. The van der Waals surface area contributed by atoms with E-state index in [4.69, 9.17) is 4.74 Å². The van der Waals surface area contributed by atoms with Crippen LogP contribution in [0.15, 0.2) is 36.4 Å². The van der Waals surface area contributed by atoms with E-state index in [0.29, 0.717) is 6.54 Å². The van der Waals surface area contributed by atoms with Crippen molar-refractivity contribution in [2.24, 2.45) is 0 Å². The molecule has 1 aliphatic rings. The van der Waals surface area contributed by atoms with E-state index in [1.807, 2.05) is 19.1 Å². The number of ether oxygens (including phenoxy) is 1. The van der Waals surface area contributed by atoms with Crippen LogP contribution >= 0.6 is 0 Å². The third kappa shape index (κ3) is 4.71. The minimum Gasteiger partial charge on any atom is -0.481 e. The first-order chi connectivity index (χ1) is 13.1. The monoisotopic (exact) mass is 365 g/mol. The van der Waals surface area contributed by atoms with Gasteiger partial charge in [0, 0.05) is 6.54 Å². The second kappa shape index (κ2) is 9.07. The Balaban J connectivity index is 1.64. The Kier molecular flexibility index (Phi) is 6.54. The van der Waals surface area contributed by atoms with E-state index in [1.54, 1.807) is 0 Å². The highest BCUT2D eigenvalue weighted by molar-refractivity contribution is 5.80. The predicted molar refractivity (Wildman–Crippen MR) is 110 cm³/mol. The van der Waals surface area contributed by atoms with E-state index in [0.717, 1.165) is 31.4 Å². The predicted octanol–water partition coefficient (Wildman–Crippen LogP) is 4.77. The number of amides is 1. The molecular formula is C24H31NO2. The van der Waals surface area contributed by atoms with Crippen molar-refractivity contribution in [1.82, 2.24) is 5.32 Å². The Bertz CT molecular complexity index is 797. The molecule has 2 aromatic carbocycles. The first-order valence-corrected chi connectivity index (χ1v) is 10.3. The zero-order valence-corrected chi connectivity index (χ0v) is 16.8. The van der Waals surface area contributed by atoms with E-state index < -0.39 is 6.10 Å². The number of nitrogens with one attached hydrogen (secondary N) is 1. The van der Waals surface area contributed by atoms with E-state index in [-0.39, 0.29) is 5.91 Å². The summed E-state index contributed by atoms with van der Waals surface area (Å²) >= 11 is 0. The van der Waals surface area contributed by atoms with Crippen LogP contribution in [0.1, 0.15) is 61.4 Å². The number of benzene rings is 2. The van der Waals surface area contributed by atoms with Gasteiger partial charge >= 0.3 is 0 Å². The van der Waals surface area contributed by atoms with Gasteiger partial charge in [0.15, 0.2) is 6.10 Å². The lowest BCUT2D eigenvalue weighted by Gasteiger charge is -2.22. The average Bonchev–Trinajstić information content (AvgIpc) is 2.71. The third-order valence-electron chi connectivity index (χ3n) is 5.54. The molecule has 2 aromatic rings. The Hall–Kier alpha value is -2.29. The van der Waals surface area contributed by atoms with E-state index in [1.165, 1.54) is 40.7 Å². The van der Waals surface area contributed by atoms with E-state index in [9.17, 15) is 4.79 Å². The van der Waals surface area contributed by atoms with Crippen molar-refractivity contribution in [2.75, 3.05) is 0 Å². The summed E-state index contributed by atoms with van der Waals surface area (Å²) in [6.45, 7) is 6.69. The topological polar surface area (TPSA) is 38.3 Å². The first-order valence-electron chi connectivity index (χ1n) is 10.3. The molecule has 0 saturated carbocycles. The molecule has 0 heterocycles. The average molecular weight is 366 g/mol.